The fourth-order valence-electron chi connectivity index (χ4n) is 6.55. The van der Waals surface area contributed by atoms with Gasteiger partial charge in [-0.15, -0.1) is 54.1 Å². The third-order valence-corrected chi connectivity index (χ3v) is 14.9. The molecule has 0 N–H and O–H groups in total. The number of hydrogen-bond acceptors (Lipinski definition) is 3. The van der Waals surface area contributed by atoms with Gasteiger partial charge in [0, 0.05) is 37.9 Å². The molecule has 0 saturated heterocycles. The van der Waals surface area contributed by atoms with Crippen LogP contribution >= 0.6 is 0 Å². The summed E-state index contributed by atoms with van der Waals surface area (Å²) in [6, 6.07) is 38.4. The summed E-state index contributed by atoms with van der Waals surface area (Å²) in [7, 11) is -3.07. The van der Waals surface area contributed by atoms with Gasteiger partial charge in [-0.2, -0.15) is 0 Å². The molecule has 0 aliphatic carbocycles. The van der Waals surface area contributed by atoms with Crippen molar-refractivity contribution in [2.75, 3.05) is 0 Å². The summed E-state index contributed by atoms with van der Waals surface area (Å²) in [5.41, 5.74) is 11.0. The third kappa shape index (κ3) is 5.89. The van der Waals surface area contributed by atoms with Crippen molar-refractivity contribution in [3.63, 3.8) is 0 Å². The Balaban J connectivity index is 0.000000194. The molecule has 47 heavy (non-hydrogen) atoms. The molecule has 1 aliphatic rings. The Morgan fingerprint density at radius 2 is 1.43 bits per heavy atom. The van der Waals surface area contributed by atoms with Crippen LogP contribution in [0.15, 0.2) is 108 Å². The maximum atomic E-state index is 6.68. The van der Waals surface area contributed by atoms with Crippen LogP contribution in [0, 0.1) is 26.0 Å². The molecule has 8 rings (SSSR count). The second kappa shape index (κ2) is 12.6. The van der Waals surface area contributed by atoms with Gasteiger partial charge in [-0.25, -0.2) is 0 Å². The predicted molar refractivity (Wildman–Crippen MR) is 199 cm³/mol. The maximum absolute atomic E-state index is 6.68. The molecule has 1 radical (unpaired) electrons. The monoisotopic (exact) mass is 823 g/mol. The number of rotatable bonds is 3. The largest absolute Gasteiger partial charge is 0.501 e. The zero-order chi connectivity index (χ0) is 32.2. The molecule has 0 saturated carbocycles. The Kier molecular flexibility index (Phi) is 8.83. The smallest absolute Gasteiger partial charge is 0.121 e. The second-order valence-corrected chi connectivity index (χ2v) is 23.2. The standard InChI is InChI=1S/C27H22NOSi.C14H16NSi.Ir/c1-16-14-23(28-15-17(16)2)22-10-7-9-19-20-12-13-21-18-8-5-6-11-24(18)30(3,4)27(21)26(20)29-25(19)22;1-16(2,3)13-9-10-14(15-11-13)12-7-5-4-6-8-12;/h5-9,11-15H,1-4H3;4-7,9-11H,1-3H3;/q2*-1;. The summed E-state index contributed by atoms with van der Waals surface area (Å²) in [5.74, 6) is 0. The Morgan fingerprint density at radius 3 is 2.13 bits per heavy atom. The number of fused-ring (bicyclic) bond motifs is 7. The molecule has 1 aliphatic heterocycles. The minimum Gasteiger partial charge on any atom is -0.501 e. The molecule has 3 nitrogen and oxygen atoms in total. The van der Waals surface area contributed by atoms with Crippen LogP contribution in [-0.4, -0.2) is 26.1 Å². The first-order valence-corrected chi connectivity index (χ1v) is 22.4. The van der Waals surface area contributed by atoms with E-state index in [2.05, 4.69) is 129 Å². The average molecular weight is 823 g/mol. The molecule has 0 spiro atoms. The molecule has 4 heterocycles. The first-order valence-electron chi connectivity index (χ1n) is 15.9. The Labute approximate surface area is 293 Å². The topological polar surface area (TPSA) is 38.9 Å². The van der Waals surface area contributed by atoms with E-state index < -0.39 is 16.1 Å². The fourth-order valence-corrected chi connectivity index (χ4v) is 10.9. The molecule has 0 fully saturated rings. The van der Waals surface area contributed by atoms with Gasteiger partial charge in [-0.3, -0.25) is 0 Å². The predicted octanol–water partition coefficient (Wildman–Crippen LogP) is 8.96. The van der Waals surface area contributed by atoms with Crippen LogP contribution in [-0.2, 0) is 20.1 Å². The molecule has 7 aromatic rings. The van der Waals surface area contributed by atoms with E-state index >= 15 is 0 Å². The van der Waals surface area contributed by atoms with Crippen molar-refractivity contribution in [1.29, 1.82) is 0 Å². The molecule has 0 atom stereocenters. The van der Waals surface area contributed by atoms with Gasteiger partial charge in [0.15, 0.2) is 0 Å². The van der Waals surface area contributed by atoms with E-state index in [1.54, 1.807) is 0 Å². The number of benzene rings is 4. The summed E-state index contributed by atoms with van der Waals surface area (Å²) in [5, 5.41) is 6.64. The van der Waals surface area contributed by atoms with Gasteiger partial charge in [0.1, 0.15) is 13.7 Å². The van der Waals surface area contributed by atoms with E-state index in [0.717, 1.165) is 39.1 Å². The number of pyridine rings is 2. The van der Waals surface area contributed by atoms with Crippen molar-refractivity contribution in [3.05, 3.63) is 127 Å². The van der Waals surface area contributed by atoms with Crippen LogP contribution in [0.2, 0.25) is 32.7 Å². The van der Waals surface area contributed by atoms with Crippen molar-refractivity contribution in [3.8, 4) is 33.6 Å². The SMILES string of the molecule is C[Si](C)(C)c1ccc(-c2[c-]cccc2)nc1.Cc1cnc(-c2[c-]ccc3c2oc2c4c(ccc23)-c2ccccc2[Si]4(C)C)cc1C.[Ir]. The van der Waals surface area contributed by atoms with E-state index in [0.29, 0.717) is 0 Å². The van der Waals surface area contributed by atoms with Crippen LogP contribution < -0.4 is 15.6 Å². The van der Waals surface area contributed by atoms with Crippen molar-refractivity contribution < 1.29 is 24.5 Å². The molecule has 4 aromatic carbocycles. The number of hydrogen-bond donors (Lipinski definition) is 0. The molecule has 0 bridgehead atoms. The van der Waals surface area contributed by atoms with E-state index in [1.165, 1.54) is 43.2 Å². The first-order chi connectivity index (χ1) is 22.0. The van der Waals surface area contributed by atoms with E-state index in [-0.39, 0.29) is 20.1 Å². The number of aryl methyl sites for hydroxylation is 2. The number of nitrogens with zero attached hydrogens (tertiary/aromatic N) is 2. The average Bonchev–Trinajstić information content (AvgIpc) is 3.55. The fraction of sp³-hybridized carbons (Fsp3) is 0.171. The Hall–Kier alpha value is -3.94. The summed E-state index contributed by atoms with van der Waals surface area (Å²) in [6.45, 7) is 16.1. The zero-order valence-corrected chi connectivity index (χ0v) is 32.3. The summed E-state index contributed by atoms with van der Waals surface area (Å²) in [6.07, 6.45) is 3.95. The van der Waals surface area contributed by atoms with Gasteiger partial charge < -0.3 is 14.4 Å². The van der Waals surface area contributed by atoms with Crippen molar-refractivity contribution in [2.24, 2.45) is 0 Å². The Morgan fingerprint density at radius 1 is 0.681 bits per heavy atom. The van der Waals surface area contributed by atoms with Gasteiger partial charge in [-0.1, -0.05) is 104 Å². The molecular weight excluding hydrogens is 785 g/mol. The van der Waals surface area contributed by atoms with E-state index in [4.69, 9.17) is 4.42 Å². The van der Waals surface area contributed by atoms with Gasteiger partial charge in [0.05, 0.1) is 13.7 Å². The van der Waals surface area contributed by atoms with Gasteiger partial charge in [-0.05, 0) is 57.5 Å². The van der Waals surface area contributed by atoms with Crippen molar-refractivity contribution >= 4 is 53.6 Å². The minimum absolute atomic E-state index is 0. The van der Waals surface area contributed by atoms with Crippen molar-refractivity contribution in [2.45, 2.75) is 46.6 Å². The normalized spacial score (nSPS) is 13.0. The number of aromatic nitrogens is 2. The van der Waals surface area contributed by atoms with Crippen LogP contribution in [0.3, 0.4) is 0 Å². The summed E-state index contributed by atoms with van der Waals surface area (Å²) >= 11 is 0. The third-order valence-electron chi connectivity index (χ3n) is 9.36. The molecule has 3 aromatic heterocycles. The molecule has 6 heteroatoms. The Bertz CT molecular complexity index is 2230. The molecule has 237 valence electrons. The summed E-state index contributed by atoms with van der Waals surface area (Å²) < 4.78 is 6.68. The molecule has 0 amide bonds. The van der Waals surface area contributed by atoms with Crippen molar-refractivity contribution in [1.82, 2.24) is 9.97 Å². The van der Waals surface area contributed by atoms with Gasteiger partial charge >= 0.3 is 0 Å². The van der Waals surface area contributed by atoms with E-state index in [9.17, 15) is 0 Å². The van der Waals surface area contributed by atoms with E-state index in [1.807, 2.05) is 42.7 Å². The number of furan rings is 1. The van der Waals surface area contributed by atoms with Crippen LogP contribution in [0.5, 0.6) is 0 Å². The zero-order valence-electron chi connectivity index (χ0n) is 28.0. The maximum Gasteiger partial charge on any atom is 0.121 e. The second-order valence-electron chi connectivity index (χ2n) is 13.8. The van der Waals surface area contributed by atoms with Gasteiger partial charge in [0.2, 0.25) is 0 Å². The first kappa shape index (κ1) is 33.0. The quantitative estimate of drug-likeness (QED) is 0.132. The van der Waals surface area contributed by atoms with Crippen LogP contribution in [0.4, 0.5) is 0 Å². The molecule has 0 unspecified atom stereocenters. The van der Waals surface area contributed by atoms with Crippen LogP contribution in [0.25, 0.3) is 55.6 Å². The molecular formula is C41H38IrN2OSi2-2. The summed E-state index contributed by atoms with van der Waals surface area (Å²) in [4.78, 5) is 9.20. The minimum atomic E-state index is -1.84. The van der Waals surface area contributed by atoms with Gasteiger partial charge in [0.25, 0.3) is 0 Å². The van der Waals surface area contributed by atoms with Crippen LogP contribution in [0.1, 0.15) is 11.1 Å².